The standard InChI is InChI=1S/C16H21N3O3/c1-11-5-6-14(21-4)13(7-11)9-19(3)10-16(20)17-15-8-12(2)22-18-15/h5-8H,9-10H2,1-4H3,(H,17,18,20). The van der Waals surface area contributed by atoms with E-state index < -0.39 is 0 Å². The number of benzene rings is 1. The maximum Gasteiger partial charge on any atom is 0.239 e. The molecule has 6 nitrogen and oxygen atoms in total. The zero-order chi connectivity index (χ0) is 16.1. The van der Waals surface area contributed by atoms with E-state index in [1.54, 1.807) is 20.1 Å². The minimum Gasteiger partial charge on any atom is -0.496 e. The van der Waals surface area contributed by atoms with Crippen LogP contribution in [0.4, 0.5) is 5.82 Å². The van der Waals surface area contributed by atoms with Crippen molar-refractivity contribution < 1.29 is 14.1 Å². The van der Waals surface area contributed by atoms with Gasteiger partial charge in [0.2, 0.25) is 5.91 Å². The molecule has 118 valence electrons. The van der Waals surface area contributed by atoms with Crippen molar-refractivity contribution in [3.8, 4) is 5.75 Å². The lowest BCUT2D eigenvalue weighted by Crippen LogP contribution is -2.30. The van der Waals surface area contributed by atoms with Crippen molar-refractivity contribution in [1.82, 2.24) is 10.1 Å². The maximum absolute atomic E-state index is 12.0. The molecule has 2 aromatic rings. The van der Waals surface area contributed by atoms with Gasteiger partial charge >= 0.3 is 0 Å². The van der Waals surface area contributed by atoms with Gasteiger partial charge in [0.05, 0.1) is 13.7 Å². The van der Waals surface area contributed by atoms with E-state index in [4.69, 9.17) is 9.26 Å². The van der Waals surface area contributed by atoms with E-state index in [1.807, 2.05) is 31.0 Å². The molecule has 0 aliphatic rings. The van der Waals surface area contributed by atoms with Crippen LogP contribution in [-0.2, 0) is 11.3 Å². The normalized spacial score (nSPS) is 10.8. The van der Waals surface area contributed by atoms with Gasteiger partial charge in [-0.15, -0.1) is 0 Å². The average Bonchev–Trinajstić information content (AvgIpc) is 2.83. The van der Waals surface area contributed by atoms with Crippen molar-refractivity contribution in [3.63, 3.8) is 0 Å². The van der Waals surface area contributed by atoms with Gasteiger partial charge in [0, 0.05) is 18.2 Å². The summed E-state index contributed by atoms with van der Waals surface area (Å²) in [4.78, 5) is 13.9. The molecule has 1 heterocycles. The number of nitrogens with zero attached hydrogens (tertiary/aromatic N) is 2. The number of methoxy groups -OCH3 is 1. The second kappa shape index (κ2) is 7.09. The number of nitrogens with one attached hydrogen (secondary N) is 1. The molecule has 1 N–H and O–H groups in total. The van der Waals surface area contributed by atoms with Gasteiger partial charge in [0.25, 0.3) is 0 Å². The van der Waals surface area contributed by atoms with Crippen molar-refractivity contribution in [3.05, 3.63) is 41.2 Å². The summed E-state index contributed by atoms with van der Waals surface area (Å²) in [5.41, 5.74) is 2.21. The first-order valence-electron chi connectivity index (χ1n) is 7.03. The van der Waals surface area contributed by atoms with E-state index in [1.165, 1.54) is 0 Å². The van der Waals surface area contributed by atoms with Crippen LogP contribution >= 0.6 is 0 Å². The average molecular weight is 303 g/mol. The molecule has 0 radical (unpaired) electrons. The highest BCUT2D eigenvalue weighted by atomic mass is 16.5. The molecule has 1 aromatic heterocycles. The number of carbonyl (C=O) groups is 1. The monoisotopic (exact) mass is 303 g/mol. The molecular formula is C16H21N3O3. The Morgan fingerprint density at radius 1 is 1.36 bits per heavy atom. The summed E-state index contributed by atoms with van der Waals surface area (Å²) in [6, 6.07) is 7.69. The Balaban J connectivity index is 1.93. The van der Waals surface area contributed by atoms with Crippen LogP contribution in [0, 0.1) is 13.8 Å². The summed E-state index contributed by atoms with van der Waals surface area (Å²) in [6.45, 7) is 4.68. The Morgan fingerprint density at radius 2 is 2.14 bits per heavy atom. The van der Waals surface area contributed by atoms with Gasteiger partial charge in [0.15, 0.2) is 5.82 Å². The van der Waals surface area contributed by atoms with Gasteiger partial charge in [0.1, 0.15) is 11.5 Å². The van der Waals surface area contributed by atoms with E-state index in [2.05, 4.69) is 16.5 Å². The highest BCUT2D eigenvalue weighted by molar-refractivity contribution is 5.91. The number of rotatable bonds is 6. The van der Waals surface area contributed by atoms with E-state index >= 15 is 0 Å². The van der Waals surface area contributed by atoms with Gasteiger partial charge in [-0.2, -0.15) is 0 Å². The van der Waals surface area contributed by atoms with Crippen LogP contribution in [0.25, 0.3) is 0 Å². The molecule has 22 heavy (non-hydrogen) atoms. The lowest BCUT2D eigenvalue weighted by Gasteiger charge is -2.18. The molecule has 0 aliphatic carbocycles. The third-order valence-corrected chi connectivity index (χ3v) is 3.19. The van der Waals surface area contributed by atoms with Gasteiger partial charge in [-0.05, 0) is 27.0 Å². The number of anilines is 1. The molecule has 2 rings (SSSR count). The van der Waals surface area contributed by atoms with E-state index in [-0.39, 0.29) is 12.5 Å². The quantitative estimate of drug-likeness (QED) is 0.887. The zero-order valence-electron chi connectivity index (χ0n) is 13.3. The second-order valence-corrected chi connectivity index (χ2v) is 5.36. The summed E-state index contributed by atoms with van der Waals surface area (Å²) < 4.78 is 10.3. The number of aromatic nitrogens is 1. The number of hydrogen-bond donors (Lipinski definition) is 1. The first-order valence-corrected chi connectivity index (χ1v) is 7.03. The van der Waals surface area contributed by atoms with E-state index in [0.717, 1.165) is 16.9 Å². The molecule has 0 atom stereocenters. The molecule has 0 saturated heterocycles. The summed E-state index contributed by atoms with van der Waals surface area (Å²) in [6.07, 6.45) is 0. The van der Waals surface area contributed by atoms with Crippen molar-refractivity contribution >= 4 is 11.7 Å². The zero-order valence-corrected chi connectivity index (χ0v) is 13.3. The van der Waals surface area contributed by atoms with Crippen LogP contribution in [0.2, 0.25) is 0 Å². The van der Waals surface area contributed by atoms with Gasteiger partial charge < -0.3 is 14.6 Å². The number of amides is 1. The van der Waals surface area contributed by atoms with Crippen molar-refractivity contribution in [2.24, 2.45) is 0 Å². The minimum atomic E-state index is -0.137. The predicted octanol–water partition coefficient (Wildman–Crippen LogP) is 2.37. The lowest BCUT2D eigenvalue weighted by atomic mass is 10.1. The molecule has 0 unspecified atom stereocenters. The molecule has 1 aromatic carbocycles. The summed E-state index contributed by atoms with van der Waals surface area (Å²) in [5.74, 6) is 1.78. The van der Waals surface area contributed by atoms with E-state index in [0.29, 0.717) is 18.1 Å². The summed E-state index contributed by atoms with van der Waals surface area (Å²) in [5, 5.41) is 6.44. The Labute approximate surface area is 130 Å². The van der Waals surface area contributed by atoms with Crippen LogP contribution in [0.1, 0.15) is 16.9 Å². The van der Waals surface area contributed by atoms with Crippen LogP contribution in [-0.4, -0.2) is 36.7 Å². The fraction of sp³-hybridized carbons (Fsp3) is 0.375. The Kier molecular flexibility index (Phi) is 5.16. The van der Waals surface area contributed by atoms with Gasteiger partial charge in [-0.1, -0.05) is 22.9 Å². The number of carbonyl (C=O) groups excluding carboxylic acids is 1. The largest absolute Gasteiger partial charge is 0.496 e. The number of hydrogen-bond acceptors (Lipinski definition) is 5. The van der Waals surface area contributed by atoms with Crippen LogP contribution < -0.4 is 10.1 Å². The van der Waals surface area contributed by atoms with E-state index in [9.17, 15) is 4.79 Å². The second-order valence-electron chi connectivity index (χ2n) is 5.36. The Morgan fingerprint density at radius 3 is 2.77 bits per heavy atom. The van der Waals surface area contributed by atoms with Crippen LogP contribution in [0.15, 0.2) is 28.8 Å². The third-order valence-electron chi connectivity index (χ3n) is 3.19. The molecule has 0 aliphatic heterocycles. The maximum atomic E-state index is 12.0. The number of likely N-dealkylation sites (N-methyl/N-ethyl adjacent to an activating group) is 1. The molecule has 0 saturated carbocycles. The number of aryl methyl sites for hydroxylation is 2. The van der Waals surface area contributed by atoms with Gasteiger partial charge in [-0.25, -0.2) is 0 Å². The van der Waals surface area contributed by atoms with Crippen LogP contribution in [0.5, 0.6) is 5.75 Å². The molecule has 1 amide bonds. The van der Waals surface area contributed by atoms with Crippen LogP contribution in [0.3, 0.4) is 0 Å². The third kappa shape index (κ3) is 4.33. The van der Waals surface area contributed by atoms with Crippen molar-refractivity contribution in [1.29, 1.82) is 0 Å². The minimum absolute atomic E-state index is 0.137. The lowest BCUT2D eigenvalue weighted by molar-refractivity contribution is -0.117. The first kappa shape index (κ1) is 16.0. The number of ether oxygens (including phenoxy) is 1. The first-order chi connectivity index (χ1) is 10.5. The topological polar surface area (TPSA) is 67.6 Å². The molecular weight excluding hydrogens is 282 g/mol. The molecule has 0 fully saturated rings. The summed E-state index contributed by atoms with van der Waals surface area (Å²) >= 11 is 0. The smallest absolute Gasteiger partial charge is 0.239 e. The molecule has 6 heteroatoms. The Bertz CT molecular complexity index is 652. The SMILES string of the molecule is COc1ccc(C)cc1CN(C)CC(=O)Nc1cc(C)on1. The van der Waals surface area contributed by atoms with Crippen molar-refractivity contribution in [2.45, 2.75) is 20.4 Å². The predicted molar refractivity (Wildman–Crippen MR) is 83.9 cm³/mol. The highest BCUT2D eigenvalue weighted by Crippen LogP contribution is 2.20. The highest BCUT2D eigenvalue weighted by Gasteiger charge is 2.12. The fourth-order valence-corrected chi connectivity index (χ4v) is 2.23. The summed E-state index contributed by atoms with van der Waals surface area (Å²) in [7, 11) is 3.53. The van der Waals surface area contributed by atoms with Gasteiger partial charge in [-0.3, -0.25) is 9.69 Å². The molecule has 0 spiro atoms. The fourth-order valence-electron chi connectivity index (χ4n) is 2.23. The Hall–Kier alpha value is -2.34. The van der Waals surface area contributed by atoms with Crippen molar-refractivity contribution in [2.75, 3.05) is 26.0 Å². The molecule has 0 bridgehead atoms.